The van der Waals surface area contributed by atoms with Gasteiger partial charge in [0.25, 0.3) is 10.0 Å². The van der Waals surface area contributed by atoms with Crippen LogP contribution in [0.2, 0.25) is 0 Å². The molecule has 0 spiro atoms. The van der Waals surface area contributed by atoms with Crippen LogP contribution in [0.25, 0.3) is 0 Å². The molecule has 1 aliphatic heterocycles. The summed E-state index contributed by atoms with van der Waals surface area (Å²) in [5.74, 6) is -0.168. The first-order valence-electron chi connectivity index (χ1n) is 5.34. The third kappa shape index (κ3) is 2.21. The van der Waals surface area contributed by atoms with Crippen LogP contribution in [0.4, 0.5) is 5.69 Å². The maximum absolute atomic E-state index is 11.8. The van der Waals surface area contributed by atoms with E-state index in [9.17, 15) is 13.2 Å². The number of carbonyl (C=O) groups is 1. The van der Waals surface area contributed by atoms with Crippen LogP contribution in [-0.4, -0.2) is 26.8 Å². The van der Waals surface area contributed by atoms with Gasteiger partial charge in [0, 0.05) is 12.6 Å². The van der Waals surface area contributed by atoms with Gasteiger partial charge in [0.05, 0.1) is 12.2 Å². The number of rotatable bonds is 2. The minimum absolute atomic E-state index is 0.0530. The van der Waals surface area contributed by atoms with E-state index in [4.69, 9.17) is 4.74 Å². The summed E-state index contributed by atoms with van der Waals surface area (Å²) in [6.07, 6.45) is 0. The van der Waals surface area contributed by atoms with E-state index in [2.05, 4.69) is 9.71 Å². The van der Waals surface area contributed by atoms with Crippen molar-refractivity contribution in [1.82, 2.24) is 0 Å². The molecule has 0 fully saturated rings. The predicted molar refractivity (Wildman–Crippen MR) is 66.1 cm³/mol. The van der Waals surface area contributed by atoms with Gasteiger partial charge in [-0.25, -0.2) is 0 Å². The molecule has 1 aromatic rings. The van der Waals surface area contributed by atoms with Crippen molar-refractivity contribution in [3.05, 3.63) is 23.8 Å². The molecule has 0 aromatic heterocycles. The van der Waals surface area contributed by atoms with Crippen LogP contribution in [0.3, 0.4) is 0 Å². The van der Waals surface area contributed by atoms with Crippen molar-refractivity contribution >= 4 is 27.5 Å². The summed E-state index contributed by atoms with van der Waals surface area (Å²) in [7, 11) is -3.72. The summed E-state index contributed by atoms with van der Waals surface area (Å²) >= 11 is 0. The Balaban J connectivity index is 2.47. The zero-order chi connectivity index (χ0) is 13.3. The van der Waals surface area contributed by atoms with Crippen LogP contribution >= 0.6 is 0 Å². The van der Waals surface area contributed by atoms with E-state index in [0.717, 1.165) is 0 Å². The largest absolute Gasteiger partial charge is 0.477 e. The number of anilines is 1. The van der Waals surface area contributed by atoms with Crippen LogP contribution < -0.4 is 5.32 Å². The molecule has 6 nitrogen and oxygen atoms in total. The van der Waals surface area contributed by atoms with Crippen LogP contribution in [0.1, 0.15) is 19.4 Å². The summed E-state index contributed by atoms with van der Waals surface area (Å²) in [6.45, 7) is 3.43. The van der Waals surface area contributed by atoms with Crippen molar-refractivity contribution in [3.8, 4) is 0 Å². The second-order valence-corrected chi connectivity index (χ2v) is 5.27. The SMILES string of the molecule is CCOC1=NS(=O)(=O)c2cc(NC(C)=O)ccc21. The maximum atomic E-state index is 11.8. The highest BCUT2D eigenvalue weighted by Crippen LogP contribution is 2.29. The lowest BCUT2D eigenvalue weighted by atomic mass is 10.2. The molecule has 1 aliphatic rings. The molecule has 7 heteroatoms. The van der Waals surface area contributed by atoms with Crippen molar-refractivity contribution in [3.63, 3.8) is 0 Å². The monoisotopic (exact) mass is 268 g/mol. The number of nitrogens with zero attached hydrogens (tertiary/aromatic N) is 1. The smallest absolute Gasteiger partial charge is 0.286 e. The van der Waals surface area contributed by atoms with Crippen molar-refractivity contribution in [2.45, 2.75) is 18.7 Å². The van der Waals surface area contributed by atoms with Gasteiger partial charge < -0.3 is 10.1 Å². The van der Waals surface area contributed by atoms with Gasteiger partial charge in [-0.2, -0.15) is 8.42 Å². The maximum Gasteiger partial charge on any atom is 0.286 e. The second kappa shape index (κ2) is 4.41. The Morgan fingerprint density at radius 2 is 2.17 bits per heavy atom. The van der Waals surface area contributed by atoms with Gasteiger partial charge in [-0.05, 0) is 25.1 Å². The van der Waals surface area contributed by atoms with Crippen molar-refractivity contribution < 1.29 is 17.9 Å². The number of ether oxygens (including phenoxy) is 1. The van der Waals surface area contributed by atoms with Crippen LogP contribution in [0, 0.1) is 0 Å². The molecule has 0 saturated heterocycles. The number of hydrogen-bond acceptors (Lipinski definition) is 4. The number of benzene rings is 1. The fourth-order valence-electron chi connectivity index (χ4n) is 1.64. The molecular weight excluding hydrogens is 256 g/mol. The molecule has 0 aliphatic carbocycles. The normalized spacial score (nSPS) is 15.8. The third-order valence-electron chi connectivity index (χ3n) is 2.29. The average Bonchev–Trinajstić information content (AvgIpc) is 2.50. The van der Waals surface area contributed by atoms with Crippen molar-refractivity contribution in [1.29, 1.82) is 0 Å². The zero-order valence-electron chi connectivity index (χ0n) is 9.93. The topological polar surface area (TPSA) is 84.8 Å². The molecule has 1 N–H and O–H groups in total. The van der Waals surface area contributed by atoms with Crippen molar-refractivity contribution in [2.24, 2.45) is 4.40 Å². The molecule has 0 atom stereocenters. The quantitative estimate of drug-likeness (QED) is 0.871. The fraction of sp³-hybridized carbons (Fsp3) is 0.273. The summed E-state index contributed by atoms with van der Waals surface area (Å²) in [4.78, 5) is 11.0. The van der Waals surface area contributed by atoms with E-state index in [-0.39, 0.29) is 16.7 Å². The number of sulfonamides is 1. The Morgan fingerprint density at radius 1 is 1.44 bits per heavy atom. The molecule has 2 rings (SSSR count). The van der Waals surface area contributed by atoms with Crippen LogP contribution in [0.15, 0.2) is 27.5 Å². The van der Waals surface area contributed by atoms with E-state index in [1.165, 1.54) is 13.0 Å². The lowest BCUT2D eigenvalue weighted by Gasteiger charge is -2.05. The van der Waals surface area contributed by atoms with Gasteiger partial charge in [0.2, 0.25) is 11.8 Å². The summed E-state index contributed by atoms with van der Waals surface area (Å²) in [6, 6.07) is 4.55. The van der Waals surface area contributed by atoms with E-state index < -0.39 is 10.0 Å². The summed E-state index contributed by atoms with van der Waals surface area (Å²) in [5.41, 5.74) is 0.837. The van der Waals surface area contributed by atoms with Gasteiger partial charge >= 0.3 is 0 Å². The number of nitrogens with one attached hydrogen (secondary N) is 1. The standard InChI is InChI=1S/C11H12N2O4S/c1-3-17-11-9-5-4-8(12-7(2)14)6-10(9)18(15,16)13-11/h4-6H,3H2,1-2H3,(H,12,14). The zero-order valence-corrected chi connectivity index (χ0v) is 10.7. The fourth-order valence-corrected chi connectivity index (χ4v) is 2.82. The number of amides is 1. The molecule has 0 unspecified atom stereocenters. The molecule has 0 radical (unpaired) electrons. The van der Waals surface area contributed by atoms with Gasteiger partial charge in [0.1, 0.15) is 4.90 Å². The molecule has 1 amide bonds. The first kappa shape index (κ1) is 12.6. The highest BCUT2D eigenvalue weighted by Gasteiger charge is 2.30. The van der Waals surface area contributed by atoms with Gasteiger partial charge in [-0.1, -0.05) is 0 Å². The van der Waals surface area contributed by atoms with E-state index in [1.807, 2.05) is 0 Å². The number of carbonyl (C=O) groups excluding carboxylic acids is 1. The predicted octanol–water partition coefficient (Wildman–Crippen LogP) is 1.13. The Morgan fingerprint density at radius 3 is 2.78 bits per heavy atom. The van der Waals surface area contributed by atoms with Gasteiger partial charge in [-0.3, -0.25) is 4.79 Å². The molecule has 18 heavy (non-hydrogen) atoms. The minimum Gasteiger partial charge on any atom is -0.477 e. The first-order chi connectivity index (χ1) is 8.44. The van der Waals surface area contributed by atoms with Crippen LogP contribution in [0.5, 0.6) is 0 Å². The van der Waals surface area contributed by atoms with Crippen LogP contribution in [-0.2, 0) is 19.6 Å². The van der Waals surface area contributed by atoms with E-state index in [0.29, 0.717) is 17.9 Å². The average molecular weight is 268 g/mol. The Bertz CT molecular complexity index is 634. The number of fused-ring (bicyclic) bond motifs is 1. The molecule has 0 saturated carbocycles. The molecular formula is C11H12N2O4S. The minimum atomic E-state index is -3.72. The van der Waals surface area contributed by atoms with Gasteiger partial charge in [-0.15, -0.1) is 4.40 Å². The van der Waals surface area contributed by atoms with E-state index >= 15 is 0 Å². The molecule has 1 heterocycles. The lowest BCUT2D eigenvalue weighted by molar-refractivity contribution is -0.114. The Hall–Kier alpha value is -1.89. The lowest BCUT2D eigenvalue weighted by Crippen LogP contribution is -2.08. The van der Waals surface area contributed by atoms with Crippen molar-refractivity contribution in [2.75, 3.05) is 11.9 Å². The van der Waals surface area contributed by atoms with E-state index in [1.54, 1.807) is 19.1 Å². The Labute approximate surface area is 105 Å². The second-order valence-electron chi connectivity index (χ2n) is 3.70. The summed E-state index contributed by atoms with van der Waals surface area (Å²) in [5, 5.41) is 2.52. The highest BCUT2D eigenvalue weighted by atomic mass is 32.2. The Kier molecular flexibility index (Phi) is 3.08. The first-order valence-corrected chi connectivity index (χ1v) is 6.78. The number of hydrogen-bond donors (Lipinski definition) is 1. The molecule has 1 aromatic carbocycles. The molecule has 96 valence electrons. The molecule has 0 bridgehead atoms. The van der Waals surface area contributed by atoms with Gasteiger partial charge in [0.15, 0.2) is 0 Å². The third-order valence-corrected chi connectivity index (χ3v) is 3.59. The highest BCUT2D eigenvalue weighted by molar-refractivity contribution is 7.90. The summed E-state index contributed by atoms with van der Waals surface area (Å²) < 4.78 is 32.3.